The van der Waals surface area contributed by atoms with Crippen LogP contribution in [-0.4, -0.2) is 5.96 Å². The van der Waals surface area contributed by atoms with Crippen LogP contribution in [0.2, 0.25) is 10.0 Å². The Bertz CT molecular complexity index is 324. The highest BCUT2D eigenvalue weighted by Crippen LogP contribution is 2.25. The molecule has 0 saturated carbocycles. The first-order valence-electron chi connectivity index (χ1n) is 3.20. The smallest absolute Gasteiger partial charge is 0.343 e. The Morgan fingerprint density at radius 3 is 2.38 bits per heavy atom. The lowest BCUT2D eigenvalue weighted by atomic mass is 10.3. The first-order chi connectivity index (χ1) is 5.61. The third-order valence-corrected chi connectivity index (χ3v) is 2.05. The molecule has 5 N–H and O–H groups in total. The van der Waals surface area contributed by atoms with E-state index in [4.69, 9.17) is 34.7 Å². The molecule has 0 unspecified atom stereocenters. The van der Waals surface area contributed by atoms with Gasteiger partial charge in [-0.2, -0.15) is 0 Å². The molecular weight excluding hydrogens is 277 g/mol. The molecule has 72 valence electrons. The third-order valence-electron chi connectivity index (χ3n) is 1.23. The SMILES string of the molecule is NC(N)=[NH+]c1cccc(Cl)c1Cl.[Br-]. The molecule has 1 aromatic carbocycles. The van der Waals surface area contributed by atoms with Crippen molar-refractivity contribution in [1.82, 2.24) is 0 Å². The van der Waals surface area contributed by atoms with Gasteiger partial charge in [0.25, 0.3) is 0 Å². The quantitative estimate of drug-likeness (QED) is 0.380. The van der Waals surface area contributed by atoms with Gasteiger partial charge in [-0.15, -0.1) is 0 Å². The van der Waals surface area contributed by atoms with E-state index in [2.05, 4.69) is 4.99 Å². The highest BCUT2D eigenvalue weighted by Gasteiger charge is 2.03. The van der Waals surface area contributed by atoms with Crippen molar-refractivity contribution in [1.29, 1.82) is 0 Å². The molecule has 0 atom stereocenters. The molecule has 0 aliphatic heterocycles. The standard InChI is InChI=1S/C7H7Cl2N3.BrH/c8-4-2-1-3-5(6(4)9)12-7(10)11;/h1-3H,(H4,10,11,12);1H. The van der Waals surface area contributed by atoms with Gasteiger partial charge < -0.3 is 17.0 Å². The lowest BCUT2D eigenvalue weighted by Gasteiger charge is -1.97. The van der Waals surface area contributed by atoms with Crippen LogP contribution in [0.25, 0.3) is 0 Å². The molecule has 13 heavy (non-hydrogen) atoms. The zero-order valence-corrected chi connectivity index (χ0v) is 9.62. The molecule has 0 spiro atoms. The number of hydrogen-bond acceptors (Lipinski definition) is 0. The minimum atomic E-state index is 0. The van der Waals surface area contributed by atoms with Gasteiger partial charge >= 0.3 is 5.96 Å². The first kappa shape index (κ1) is 12.6. The van der Waals surface area contributed by atoms with Crippen LogP contribution in [0, 0.1) is 0 Å². The van der Waals surface area contributed by atoms with E-state index in [1.807, 2.05) is 0 Å². The summed E-state index contributed by atoms with van der Waals surface area (Å²) in [5, 5.41) is 0.871. The van der Waals surface area contributed by atoms with Crippen molar-refractivity contribution in [2.45, 2.75) is 0 Å². The summed E-state index contributed by atoms with van der Waals surface area (Å²) in [6.45, 7) is 0. The molecule has 0 saturated heterocycles. The summed E-state index contributed by atoms with van der Waals surface area (Å²) >= 11 is 11.6. The normalized spacial score (nSPS) is 8.77. The molecule has 0 aliphatic carbocycles. The van der Waals surface area contributed by atoms with E-state index in [0.717, 1.165) is 0 Å². The van der Waals surface area contributed by atoms with Crippen molar-refractivity contribution < 1.29 is 22.0 Å². The van der Waals surface area contributed by atoms with E-state index in [-0.39, 0.29) is 22.9 Å². The zero-order chi connectivity index (χ0) is 9.14. The largest absolute Gasteiger partial charge is 1.00 e. The maximum absolute atomic E-state index is 5.82. The first-order valence-corrected chi connectivity index (χ1v) is 3.96. The van der Waals surface area contributed by atoms with E-state index >= 15 is 0 Å². The van der Waals surface area contributed by atoms with Gasteiger partial charge in [-0.25, -0.2) is 4.99 Å². The van der Waals surface area contributed by atoms with Crippen LogP contribution in [0.15, 0.2) is 18.2 Å². The molecule has 0 fully saturated rings. The fraction of sp³-hybridized carbons (Fsp3) is 0. The number of nitrogens with one attached hydrogen (secondary N) is 1. The topological polar surface area (TPSA) is 66.0 Å². The van der Waals surface area contributed by atoms with Crippen molar-refractivity contribution in [3.8, 4) is 0 Å². The summed E-state index contributed by atoms with van der Waals surface area (Å²) in [5.74, 6) is 0.0826. The summed E-state index contributed by atoms with van der Waals surface area (Å²) in [6.07, 6.45) is 0. The Morgan fingerprint density at radius 1 is 1.23 bits per heavy atom. The van der Waals surface area contributed by atoms with E-state index in [1.165, 1.54) is 0 Å². The molecule has 3 nitrogen and oxygen atoms in total. The van der Waals surface area contributed by atoms with Crippen LogP contribution in [0.1, 0.15) is 0 Å². The summed E-state index contributed by atoms with van der Waals surface area (Å²) in [5.41, 5.74) is 11.1. The fourth-order valence-corrected chi connectivity index (χ4v) is 1.10. The number of guanidine groups is 1. The highest BCUT2D eigenvalue weighted by atomic mass is 79.9. The zero-order valence-electron chi connectivity index (χ0n) is 6.52. The molecule has 0 aliphatic rings. The maximum atomic E-state index is 5.82. The predicted molar refractivity (Wildman–Crippen MR) is 50.5 cm³/mol. The van der Waals surface area contributed by atoms with Gasteiger partial charge in [-0.1, -0.05) is 29.3 Å². The fourth-order valence-electron chi connectivity index (χ4n) is 0.756. The van der Waals surface area contributed by atoms with Crippen molar-refractivity contribution in [3.05, 3.63) is 28.2 Å². The molecule has 1 aromatic rings. The molecular formula is C7H8BrCl2N3. The number of hydrogen-bond donors (Lipinski definition) is 3. The van der Waals surface area contributed by atoms with E-state index in [0.29, 0.717) is 15.7 Å². The van der Waals surface area contributed by atoms with Crippen LogP contribution in [0.3, 0.4) is 0 Å². The summed E-state index contributed by atoms with van der Waals surface area (Å²) < 4.78 is 0. The van der Waals surface area contributed by atoms with Crippen molar-refractivity contribution in [2.24, 2.45) is 11.5 Å². The Balaban J connectivity index is 0.00000144. The van der Waals surface area contributed by atoms with Crippen LogP contribution in [0.5, 0.6) is 0 Å². The maximum Gasteiger partial charge on any atom is 0.343 e. The second-order valence-corrected chi connectivity index (χ2v) is 2.97. The Labute approximate surface area is 96.5 Å². The predicted octanol–water partition coefficient (Wildman–Crippen LogP) is -3.02. The van der Waals surface area contributed by atoms with E-state index in [9.17, 15) is 0 Å². The average Bonchev–Trinajstić information content (AvgIpc) is 1.98. The van der Waals surface area contributed by atoms with Gasteiger partial charge in [0.1, 0.15) is 5.69 Å². The molecule has 6 heteroatoms. The molecule has 0 radical (unpaired) electrons. The Hall–Kier alpha value is -0.450. The average molecular weight is 285 g/mol. The molecule has 0 bridgehead atoms. The van der Waals surface area contributed by atoms with Gasteiger partial charge in [0.15, 0.2) is 0 Å². The highest BCUT2D eigenvalue weighted by molar-refractivity contribution is 6.43. The van der Waals surface area contributed by atoms with Gasteiger partial charge in [0.05, 0.1) is 10.0 Å². The number of benzene rings is 1. The minimum absolute atomic E-state index is 0. The van der Waals surface area contributed by atoms with E-state index < -0.39 is 0 Å². The second-order valence-electron chi connectivity index (χ2n) is 2.18. The molecule has 1 rings (SSSR count). The van der Waals surface area contributed by atoms with Gasteiger partial charge in [0.2, 0.25) is 0 Å². The van der Waals surface area contributed by atoms with Crippen molar-refractivity contribution in [3.63, 3.8) is 0 Å². The number of halogens is 3. The van der Waals surface area contributed by atoms with Crippen LogP contribution in [0.4, 0.5) is 5.69 Å². The Kier molecular flexibility index (Phi) is 5.13. The van der Waals surface area contributed by atoms with Crippen LogP contribution in [-0.2, 0) is 0 Å². The lowest BCUT2D eigenvalue weighted by molar-refractivity contribution is -0.355. The van der Waals surface area contributed by atoms with Crippen LogP contribution < -0.4 is 33.4 Å². The number of nitrogens with two attached hydrogens (primary N) is 2. The number of rotatable bonds is 1. The van der Waals surface area contributed by atoms with Crippen molar-refractivity contribution >= 4 is 34.8 Å². The lowest BCUT2D eigenvalue weighted by Crippen LogP contribution is -3.00. The van der Waals surface area contributed by atoms with Crippen LogP contribution >= 0.6 is 23.2 Å². The van der Waals surface area contributed by atoms with Gasteiger partial charge in [-0.3, -0.25) is 11.5 Å². The molecule has 0 heterocycles. The molecule has 0 aromatic heterocycles. The monoisotopic (exact) mass is 283 g/mol. The van der Waals surface area contributed by atoms with Gasteiger partial charge in [0, 0.05) is 0 Å². The Morgan fingerprint density at radius 2 is 1.85 bits per heavy atom. The van der Waals surface area contributed by atoms with Gasteiger partial charge in [-0.05, 0) is 12.1 Å². The minimum Gasteiger partial charge on any atom is -1.00 e. The molecule has 0 amide bonds. The van der Waals surface area contributed by atoms with Crippen molar-refractivity contribution in [2.75, 3.05) is 0 Å². The summed E-state index contributed by atoms with van der Waals surface area (Å²) in [7, 11) is 0. The summed E-state index contributed by atoms with van der Waals surface area (Å²) in [4.78, 5) is 2.67. The third kappa shape index (κ3) is 3.42. The second kappa shape index (κ2) is 5.32. The summed E-state index contributed by atoms with van der Waals surface area (Å²) in [6, 6.07) is 5.16. The van der Waals surface area contributed by atoms with E-state index in [1.54, 1.807) is 18.2 Å².